The molecular weight excluding hydrogens is 455 g/mol. The van der Waals surface area contributed by atoms with Crippen LogP contribution in [0, 0.1) is 0 Å². The number of carbonyl (C=O) groups excluding carboxylic acids is 1. The summed E-state index contributed by atoms with van der Waals surface area (Å²) in [5, 5.41) is 19.1. The van der Waals surface area contributed by atoms with Gasteiger partial charge in [-0.15, -0.1) is 5.10 Å². The minimum atomic E-state index is -4.43. The Morgan fingerprint density at radius 2 is 1.88 bits per heavy atom. The molecule has 0 saturated carbocycles. The fraction of sp³-hybridized carbons (Fsp3) is 0.400. The SMILES string of the molecule is CCC[NH+](CCC)Cc1c(C(=O)NN=Cc2ccc(C(F)(F)F)cc2)nnn1-c1nonc1N. The molecule has 0 atom stereocenters. The molecule has 3 rings (SSSR count). The van der Waals surface area contributed by atoms with Gasteiger partial charge in [-0.1, -0.05) is 31.2 Å². The third kappa shape index (κ3) is 5.95. The van der Waals surface area contributed by atoms with Crippen LogP contribution in [-0.2, 0) is 12.7 Å². The topological polar surface area (TPSA) is 142 Å². The van der Waals surface area contributed by atoms with E-state index in [1.807, 2.05) is 0 Å². The number of amides is 1. The number of halogens is 3. The van der Waals surface area contributed by atoms with E-state index in [9.17, 15) is 18.0 Å². The van der Waals surface area contributed by atoms with Crippen molar-refractivity contribution in [1.82, 2.24) is 30.7 Å². The standard InChI is InChI=1S/C20H24F3N9O2/c1-3-9-31(10-4-2)12-15-16(26-30-32(15)18-17(24)28-34-29-18)19(33)27-25-11-13-5-7-14(8-6-13)20(21,22)23/h5-8,11H,3-4,9-10,12H2,1-2H3,(H2,24,28)(H,27,33)/p+1. The van der Waals surface area contributed by atoms with E-state index in [-0.39, 0.29) is 17.3 Å². The van der Waals surface area contributed by atoms with Crippen molar-refractivity contribution in [2.45, 2.75) is 39.4 Å². The summed E-state index contributed by atoms with van der Waals surface area (Å²) in [6, 6.07) is 4.36. The Labute approximate surface area is 192 Å². The van der Waals surface area contributed by atoms with Gasteiger partial charge in [0.05, 0.1) is 24.9 Å². The van der Waals surface area contributed by atoms with Crippen LogP contribution in [0.2, 0.25) is 0 Å². The fourth-order valence-corrected chi connectivity index (χ4v) is 3.37. The first-order valence-electron chi connectivity index (χ1n) is 10.6. The van der Waals surface area contributed by atoms with E-state index in [0.29, 0.717) is 17.8 Å². The minimum Gasteiger partial charge on any atom is -0.378 e. The molecule has 1 amide bonds. The van der Waals surface area contributed by atoms with Crippen molar-refractivity contribution >= 4 is 17.9 Å². The van der Waals surface area contributed by atoms with E-state index in [2.05, 4.69) is 49.6 Å². The zero-order valence-electron chi connectivity index (χ0n) is 18.6. The number of alkyl halides is 3. The van der Waals surface area contributed by atoms with Crippen molar-refractivity contribution in [1.29, 1.82) is 0 Å². The summed E-state index contributed by atoms with van der Waals surface area (Å²) in [4.78, 5) is 14.0. The second-order valence-electron chi connectivity index (χ2n) is 7.52. The highest BCUT2D eigenvalue weighted by molar-refractivity contribution is 5.94. The molecule has 0 bridgehead atoms. The number of benzene rings is 1. The number of nitrogens with zero attached hydrogens (tertiary/aromatic N) is 6. The molecule has 34 heavy (non-hydrogen) atoms. The lowest BCUT2D eigenvalue weighted by molar-refractivity contribution is -0.914. The summed E-state index contributed by atoms with van der Waals surface area (Å²) < 4.78 is 44.0. The number of nitrogens with two attached hydrogens (primary N) is 1. The molecule has 2 aromatic heterocycles. The van der Waals surface area contributed by atoms with Gasteiger partial charge < -0.3 is 10.6 Å². The molecule has 11 nitrogen and oxygen atoms in total. The average Bonchev–Trinajstić information content (AvgIpc) is 3.39. The molecule has 4 N–H and O–H groups in total. The lowest BCUT2D eigenvalue weighted by atomic mass is 10.1. The maximum atomic E-state index is 12.8. The van der Waals surface area contributed by atoms with Gasteiger partial charge in [0.15, 0.2) is 5.69 Å². The lowest BCUT2D eigenvalue weighted by Crippen LogP contribution is -3.10. The first-order chi connectivity index (χ1) is 16.2. The molecule has 182 valence electrons. The largest absolute Gasteiger partial charge is 0.416 e. The molecule has 0 saturated heterocycles. The van der Waals surface area contributed by atoms with Gasteiger partial charge in [-0.3, -0.25) is 4.79 Å². The molecule has 0 spiro atoms. The molecular formula is C20H25F3N9O2+. The van der Waals surface area contributed by atoms with Crippen LogP contribution in [0.1, 0.15) is 54.0 Å². The van der Waals surface area contributed by atoms with E-state index in [1.54, 1.807) is 0 Å². The maximum absolute atomic E-state index is 12.8. The Balaban J connectivity index is 1.82. The molecule has 2 heterocycles. The van der Waals surface area contributed by atoms with Gasteiger partial charge in [-0.05, 0) is 40.9 Å². The number of nitrogen functional groups attached to an aromatic ring is 1. The molecule has 0 aliphatic rings. The van der Waals surface area contributed by atoms with Crippen LogP contribution in [-0.4, -0.2) is 50.5 Å². The summed E-state index contributed by atoms with van der Waals surface area (Å²) in [6.45, 7) is 6.26. The van der Waals surface area contributed by atoms with Crippen LogP contribution < -0.4 is 16.1 Å². The molecule has 1 aromatic carbocycles. The quantitative estimate of drug-likeness (QED) is 0.293. The first-order valence-corrected chi connectivity index (χ1v) is 10.6. The molecule has 0 fully saturated rings. The number of hydrogen-bond acceptors (Lipinski definition) is 8. The fourth-order valence-electron chi connectivity index (χ4n) is 3.37. The summed E-state index contributed by atoms with van der Waals surface area (Å²) in [7, 11) is 0. The predicted octanol–water partition coefficient (Wildman–Crippen LogP) is 1.22. The van der Waals surface area contributed by atoms with E-state index in [0.717, 1.165) is 38.1 Å². The highest BCUT2D eigenvalue weighted by Crippen LogP contribution is 2.28. The van der Waals surface area contributed by atoms with E-state index in [1.165, 1.54) is 27.9 Å². The maximum Gasteiger partial charge on any atom is 0.416 e. The molecule has 0 aliphatic heterocycles. The Kier molecular flexibility index (Phi) is 7.94. The van der Waals surface area contributed by atoms with Crippen LogP contribution >= 0.6 is 0 Å². The number of anilines is 1. The van der Waals surface area contributed by atoms with Crippen molar-refractivity contribution < 1.29 is 27.5 Å². The van der Waals surface area contributed by atoms with Gasteiger partial charge in [0.25, 0.3) is 5.91 Å². The van der Waals surface area contributed by atoms with Gasteiger partial charge in [-0.25, -0.2) is 10.1 Å². The Morgan fingerprint density at radius 3 is 2.44 bits per heavy atom. The number of hydrazone groups is 1. The van der Waals surface area contributed by atoms with E-state index in [4.69, 9.17) is 5.73 Å². The zero-order valence-corrected chi connectivity index (χ0v) is 18.6. The Bertz CT molecular complexity index is 1120. The number of carbonyl (C=O) groups is 1. The van der Waals surface area contributed by atoms with Crippen molar-refractivity contribution in [3.05, 3.63) is 46.8 Å². The molecule has 0 unspecified atom stereocenters. The third-order valence-electron chi connectivity index (χ3n) is 4.92. The highest BCUT2D eigenvalue weighted by atomic mass is 19.4. The van der Waals surface area contributed by atoms with Gasteiger partial charge in [0.2, 0.25) is 11.6 Å². The van der Waals surface area contributed by atoms with Crippen molar-refractivity contribution in [3.8, 4) is 5.82 Å². The van der Waals surface area contributed by atoms with Crippen LogP contribution in [0.5, 0.6) is 0 Å². The zero-order chi connectivity index (χ0) is 24.7. The first kappa shape index (κ1) is 24.8. The number of hydrogen-bond donors (Lipinski definition) is 3. The number of nitrogens with one attached hydrogen (secondary N) is 2. The van der Waals surface area contributed by atoms with E-state index < -0.39 is 17.6 Å². The minimum absolute atomic E-state index is 0.00837. The second kappa shape index (κ2) is 10.9. The van der Waals surface area contributed by atoms with Gasteiger partial charge >= 0.3 is 6.18 Å². The Morgan fingerprint density at radius 1 is 1.21 bits per heavy atom. The van der Waals surface area contributed by atoms with Gasteiger partial charge in [0.1, 0.15) is 12.2 Å². The highest BCUT2D eigenvalue weighted by Gasteiger charge is 2.30. The number of quaternary nitrogens is 1. The normalized spacial score (nSPS) is 12.1. The van der Waals surface area contributed by atoms with Crippen molar-refractivity contribution in [3.63, 3.8) is 0 Å². The van der Waals surface area contributed by atoms with Crippen LogP contribution in [0.25, 0.3) is 5.82 Å². The van der Waals surface area contributed by atoms with Gasteiger partial charge in [-0.2, -0.15) is 23.0 Å². The molecule has 3 aromatic rings. The smallest absolute Gasteiger partial charge is 0.378 e. The summed E-state index contributed by atoms with van der Waals surface area (Å²) >= 11 is 0. The predicted molar refractivity (Wildman–Crippen MR) is 115 cm³/mol. The second-order valence-corrected chi connectivity index (χ2v) is 7.52. The van der Waals surface area contributed by atoms with Crippen LogP contribution in [0.4, 0.5) is 19.0 Å². The lowest BCUT2D eigenvalue weighted by Gasteiger charge is -2.18. The van der Waals surface area contributed by atoms with E-state index >= 15 is 0 Å². The van der Waals surface area contributed by atoms with Crippen molar-refractivity contribution in [2.75, 3.05) is 18.8 Å². The average molecular weight is 480 g/mol. The third-order valence-corrected chi connectivity index (χ3v) is 4.92. The summed E-state index contributed by atoms with van der Waals surface area (Å²) in [5.74, 6) is -0.542. The summed E-state index contributed by atoms with van der Waals surface area (Å²) in [5.41, 5.74) is 8.19. The van der Waals surface area contributed by atoms with Crippen molar-refractivity contribution in [2.24, 2.45) is 5.10 Å². The monoisotopic (exact) mass is 480 g/mol. The molecule has 0 aliphatic carbocycles. The van der Waals surface area contributed by atoms with Crippen LogP contribution in [0.15, 0.2) is 34.0 Å². The molecule has 14 heteroatoms. The van der Waals surface area contributed by atoms with Crippen LogP contribution in [0.3, 0.4) is 0 Å². The number of rotatable bonds is 10. The number of aromatic nitrogens is 5. The Hall–Kier alpha value is -3.81. The van der Waals surface area contributed by atoms with Gasteiger partial charge in [0, 0.05) is 0 Å². The summed E-state index contributed by atoms with van der Waals surface area (Å²) in [6.07, 6.45) is -1.33. The molecule has 0 radical (unpaired) electrons.